The van der Waals surface area contributed by atoms with Crippen molar-refractivity contribution in [2.75, 3.05) is 13.7 Å². The Morgan fingerprint density at radius 2 is 1.86 bits per heavy atom. The molecule has 0 fully saturated rings. The molecule has 5 heteroatoms. The first-order valence-corrected chi connectivity index (χ1v) is 12.0. The number of hydrogen-bond donors (Lipinski definition) is 1. The molecule has 0 bridgehead atoms. The van der Waals surface area contributed by atoms with Crippen molar-refractivity contribution in [3.63, 3.8) is 0 Å². The summed E-state index contributed by atoms with van der Waals surface area (Å²) in [5.41, 5.74) is 8.78. The molecule has 1 aromatic heterocycles. The first-order valence-electron chi connectivity index (χ1n) is 12.0. The van der Waals surface area contributed by atoms with Gasteiger partial charge in [-0.2, -0.15) is 0 Å². The first-order chi connectivity index (χ1) is 16.7. The minimum absolute atomic E-state index is 0. The number of aryl methyl sites for hydroxylation is 1. The highest BCUT2D eigenvalue weighted by Gasteiger charge is 2.35. The van der Waals surface area contributed by atoms with E-state index in [2.05, 4.69) is 58.9 Å². The molecule has 3 aromatic carbocycles. The van der Waals surface area contributed by atoms with Crippen LogP contribution in [0.3, 0.4) is 0 Å². The van der Waals surface area contributed by atoms with E-state index in [0.29, 0.717) is 12.6 Å². The second-order valence-electron chi connectivity index (χ2n) is 9.43. The average Bonchev–Trinajstić information content (AvgIpc) is 3.17. The molecule has 3 heterocycles. The van der Waals surface area contributed by atoms with Crippen LogP contribution in [0.4, 0.5) is 0 Å². The van der Waals surface area contributed by atoms with Crippen LogP contribution in [0, 0.1) is 6.92 Å². The van der Waals surface area contributed by atoms with E-state index in [0.717, 1.165) is 48.5 Å². The second-order valence-corrected chi connectivity index (χ2v) is 9.43. The minimum atomic E-state index is 0. The van der Waals surface area contributed by atoms with E-state index in [9.17, 15) is 5.11 Å². The maximum absolute atomic E-state index is 10.2. The quantitative estimate of drug-likeness (QED) is 0.402. The third-order valence-corrected chi connectivity index (χ3v) is 7.47. The predicted molar refractivity (Wildman–Crippen MR) is 140 cm³/mol. The molecule has 35 heavy (non-hydrogen) atoms. The van der Waals surface area contributed by atoms with Gasteiger partial charge in [0.1, 0.15) is 13.3 Å². The number of nitrogens with zero attached hydrogens (tertiary/aromatic N) is 2. The Balaban J connectivity index is 0.00000253. The molecule has 5 nitrogen and oxygen atoms in total. The molecule has 182 valence electrons. The van der Waals surface area contributed by atoms with Gasteiger partial charge in [0.2, 0.25) is 0 Å². The maximum Gasteiger partial charge on any atom is 0.161 e. The standard InChI is InChI=1S/C29H30N2O3.CH4/c1-19-8-9-22-24-14-25-23-15-28(33-2)29(34-17-20-6-4-3-5-7-20)13-21(23)10-11-30(25)16-27(24)31(18-32)26(22)12-19;/h3-9,12-13,15,25,32H,10-11,14,16-18H2,1-2H3;1H4. The molecule has 0 saturated heterocycles. The van der Waals surface area contributed by atoms with Crippen LogP contribution < -0.4 is 9.47 Å². The van der Waals surface area contributed by atoms with Crippen LogP contribution in [0.5, 0.6) is 11.5 Å². The van der Waals surface area contributed by atoms with Crippen LogP contribution in [0.15, 0.2) is 60.7 Å². The molecule has 0 saturated carbocycles. The number of aromatic nitrogens is 1. The monoisotopic (exact) mass is 470 g/mol. The van der Waals surface area contributed by atoms with Gasteiger partial charge in [-0.15, -0.1) is 0 Å². The molecular formula is C30H34N2O3. The Labute approximate surface area is 207 Å². The number of methoxy groups -OCH3 is 1. The van der Waals surface area contributed by atoms with Crippen LogP contribution in [0.25, 0.3) is 10.9 Å². The Morgan fingerprint density at radius 1 is 1.03 bits per heavy atom. The molecule has 0 spiro atoms. The van der Waals surface area contributed by atoms with Gasteiger partial charge in [-0.05, 0) is 65.8 Å². The summed E-state index contributed by atoms with van der Waals surface area (Å²) in [6.45, 7) is 4.49. The SMILES string of the molecule is C.COc1cc2c(cc1OCc1ccccc1)CCN1Cc3c(c4ccc(C)cc4n3CO)CC21. The van der Waals surface area contributed by atoms with Crippen LogP contribution in [0.2, 0.25) is 0 Å². The summed E-state index contributed by atoms with van der Waals surface area (Å²) in [6.07, 6.45) is 1.91. The van der Waals surface area contributed by atoms with E-state index < -0.39 is 0 Å². The highest BCUT2D eigenvalue weighted by atomic mass is 16.5. The minimum Gasteiger partial charge on any atom is -0.493 e. The van der Waals surface area contributed by atoms with Crippen molar-refractivity contribution in [3.05, 3.63) is 94.2 Å². The molecule has 4 aromatic rings. The van der Waals surface area contributed by atoms with Gasteiger partial charge in [-0.25, -0.2) is 0 Å². The molecule has 0 amide bonds. The first kappa shape index (κ1) is 23.5. The summed E-state index contributed by atoms with van der Waals surface area (Å²) in [5, 5.41) is 11.4. The summed E-state index contributed by atoms with van der Waals surface area (Å²) in [7, 11) is 1.72. The van der Waals surface area contributed by atoms with Gasteiger partial charge >= 0.3 is 0 Å². The van der Waals surface area contributed by atoms with Crippen molar-refractivity contribution in [1.82, 2.24) is 9.47 Å². The van der Waals surface area contributed by atoms with Crippen molar-refractivity contribution in [2.45, 2.75) is 53.1 Å². The lowest BCUT2D eigenvalue weighted by atomic mass is 9.85. The third kappa shape index (κ3) is 3.99. The molecule has 0 radical (unpaired) electrons. The van der Waals surface area contributed by atoms with Crippen LogP contribution in [0.1, 0.15) is 47.0 Å². The summed E-state index contributed by atoms with van der Waals surface area (Å²) in [6, 6.07) is 21.5. The smallest absolute Gasteiger partial charge is 0.161 e. The summed E-state index contributed by atoms with van der Waals surface area (Å²) in [4.78, 5) is 2.55. The third-order valence-electron chi connectivity index (χ3n) is 7.47. The highest BCUT2D eigenvalue weighted by Crippen LogP contribution is 2.44. The van der Waals surface area contributed by atoms with E-state index in [1.165, 1.54) is 33.3 Å². The zero-order chi connectivity index (χ0) is 23.2. The Bertz CT molecular complexity index is 1360. The number of fused-ring (bicyclic) bond motifs is 6. The zero-order valence-corrected chi connectivity index (χ0v) is 19.8. The number of ether oxygens (including phenoxy) is 2. The normalized spacial score (nSPS) is 16.7. The molecule has 1 N–H and O–H groups in total. The molecule has 2 aliphatic heterocycles. The van der Waals surface area contributed by atoms with Gasteiger partial charge in [0.25, 0.3) is 0 Å². The topological polar surface area (TPSA) is 46.9 Å². The van der Waals surface area contributed by atoms with Gasteiger partial charge in [-0.1, -0.05) is 49.9 Å². The molecule has 6 rings (SSSR count). The van der Waals surface area contributed by atoms with Crippen molar-refractivity contribution in [2.24, 2.45) is 0 Å². The van der Waals surface area contributed by atoms with Crippen molar-refractivity contribution in [1.29, 1.82) is 0 Å². The molecule has 2 aliphatic rings. The molecular weight excluding hydrogens is 436 g/mol. The number of rotatable bonds is 5. The van der Waals surface area contributed by atoms with Gasteiger partial charge in [0.05, 0.1) is 12.6 Å². The average molecular weight is 471 g/mol. The van der Waals surface area contributed by atoms with Gasteiger partial charge in [0, 0.05) is 30.2 Å². The van der Waals surface area contributed by atoms with Crippen LogP contribution >= 0.6 is 0 Å². The summed E-state index contributed by atoms with van der Waals surface area (Å²) >= 11 is 0. The summed E-state index contributed by atoms with van der Waals surface area (Å²) < 4.78 is 14.1. The van der Waals surface area contributed by atoms with Gasteiger partial charge in [0.15, 0.2) is 11.5 Å². The Morgan fingerprint density at radius 3 is 2.63 bits per heavy atom. The highest BCUT2D eigenvalue weighted by molar-refractivity contribution is 5.86. The largest absolute Gasteiger partial charge is 0.493 e. The lowest BCUT2D eigenvalue weighted by Crippen LogP contribution is -2.39. The van der Waals surface area contributed by atoms with Gasteiger partial charge in [-0.3, -0.25) is 4.90 Å². The Kier molecular flexibility index (Phi) is 6.30. The van der Waals surface area contributed by atoms with E-state index in [-0.39, 0.29) is 14.2 Å². The Hall–Kier alpha value is -3.28. The predicted octanol–water partition coefficient (Wildman–Crippen LogP) is 5.78. The lowest BCUT2D eigenvalue weighted by Gasteiger charge is -2.41. The summed E-state index contributed by atoms with van der Waals surface area (Å²) in [5.74, 6) is 1.60. The van der Waals surface area contributed by atoms with Crippen LogP contribution in [-0.2, 0) is 32.7 Å². The van der Waals surface area contributed by atoms with Crippen LogP contribution in [-0.4, -0.2) is 28.2 Å². The molecule has 0 aliphatic carbocycles. The van der Waals surface area contributed by atoms with E-state index in [4.69, 9.17) is 9.47 Å². The number of hydrogen-bond acceptors (Lipinski definition) is 4. The number of aliphatic hydroxyl groups is 1. The van der Waals surface area contributed by atoms with Crippen molar-refractivity contribution < 1.29 is 14.6 Å². The fourth-order valence-corrected chi connectivity index (χ4v) is 5.74. The maximum atomic E-state index is 10.2. The van der Waals surface area contributed by atoms with E-state index >= 15 is 0 Å². The fourth-order valence-electron chi connectivity index (χ4n) is 5.74. The van der Waals surface area contributed by atoms with Gasteiger partial charge < -0.3 is 19.1 Å². The molecule has 1 unspecified atom stereocenters. The van der Waals surface area contributed by atoms with Crippen molar-refractivity contribution in [3.8, 4) is 11.5 Å². The molecule has 1 atom stereocenters. The zero-order valence-electron chi connectivity index (χ0n) is 19.8. The lowest BCUT2D eigenvalue weighted by molar-refractivity contribution is 0.145. The number of aliphatic hydroxyl groups excluding tert-OH is 1. The number of benzene rings is 3. The van der Waals surface area contributed by atoms with E-state index in [1.54, 1.807) is 7.11 Å². The fraction of sp³-hybridized carbons (Fsp3) is 0.333. The van der Waals surface area contributed by atoms with E-state index in [1.807, 2.05) is 18.2 Å². The van der Waals surface area contributed by atoms with Crippen molar-refractivity contribution >= 4 is 10.9 Å². The second kappa shape index (κ2) is 9.40.